The third kappa shape index (κ3) is 4.22. The summed E-state index contributed by atoms with van der Waals surface area (Å²) < 4.78 is 25.2. The molecule has 1 aliphatic rings. The number of ether oxygens (including phenoxy) is 2. The Labute approximate surface area is 172 Å². The zero-order chi connectivity index (χ0) is 20.5. The van der Waals surface area contributed by atoms with E-state index < -0.39 is 11.8 Å². The van der Waals surface area contributed by atoms with Crippen LogP contribution in [-0.2, 0) is 0 Å². The fraction of sp³-hybridized carbons (Fsp3) is 0.227. The molecule has 0 bridgehead atoms. The second-order valence-corrected chi connectivity index (χ2v) is 7.45. The molecule has 29 heavy (non-hydrogen) atoms. The maximum atomic E-state index is 13.8. The number of hydrogen-bond donors (Lipinski definition) is 0. The number of aryl methyl sites for hydroxylation is 2. The predicted octanol–water partition coefficient (Wildman–Crippen LogP) is 5.77. The Hall–Kier alpha value is -2.99. The van der Waals surface area contributed by atoms with Gasteiger partial charge in [-0.15, -0.1) is 10.2 Å². The largest absolute Gasteiger partial charge is 0.434 e. The Kier molecular flexibility index (Phi) is 5.20. The number of carbonyl (C=O) groups excluding carboxylic acids is 1. The lowest BCUT2D eigenvalue weighted by molar-refractivity contribution is 0.0728. The number of nitrogens with zero attached hydrogens (tertiary/aromatic N) is 2. The van der Waals surface area contributed by atoms with Crippen molar-refractivity contribution >= 4 is 17.6 Å². The molecule has 7 heteroatoms. The van der Waals surface area contributed by atoms with Crippen LogP contribution in [0, 0.1) is 19.7 Å². The molecule has 3 aromatic rings. The fourth-order valence-electron chi connectivity index (χ4n) is 2.99. The summed E-state index contributed by atoms with van der Waals surface area (Å²) in [6.45, 7) is 3.55. The first-order chi connectivity index (χ1) is 13.9. The van der Waals surface area contributed by atoms with Crippen molar-refractivity contribution in [2.75, 3.05) is 0 Å². The molecule has 0 N–H and O–H groups in total. The lowest BCUT2D eigenvalue weighted by atomic mass is 10.1. The van der Waals surface area contributed by atoms with E-state index in [4.69, 9.17) is 21.1 Å². The van der Waals surface area contributed by atoms with Gasteiger partial charge in [0.2, 0.25) is 0 Å². The smallest absolute Gasteiger partial charge is 0.343 e. The molecule has 1 saturated carbocycles. The van der Waals surface area contributed by atoms with E-state index >= 15 is 0 Å². The molecule has 0 radical (unpaired) electrons. The second-order valence-electron chi connectivity index (χ2n) is 7.06. The van der Waals surface area contributed by atoms with E-state index in [0.29, 0.717) is 17.2 Å². The van der Waals surface area contributed by atoms with Gasteiger partial charge in [-0.1, -0.05) is 35.9 Å². The number of esters is 1. The highest BCUT2D eigenvalue weighted by molar-refractivity contribution is 6.29. The molecule has 1 aliphatic carbocycles. The maximum Gasteiger partial charge on any atom is 0.343 e. The zero-order valence-corrected chi connectivity index (χ0v) is 16.7. The van der Waals surface area contributed by atoms with E-state index in [9.17, 15) is 9.18 Å². The SMILES string of the molecule is Cc1ccc(C(=O)Oc2cc(Cl)nnc2Oc2c(C)cccc2C2CC2)cc1F. The van der Waals surface area contributed by atoms with Crippen LogP contribution in [0.1, 0.15) is 45.8 Å². The Bertz CT molecular complexity index is 1100. The monoisotopic (exact) mass is 412 g/mol. The van der Waals surface area contributed by atoms with Gasteiger partial charge < -0.3 is 9.47 Å². The summed E-state index contributed by atoms with van der Waals surface area (Å²) in [5.41, 5.74) is 2.52. The van der Waals surface area contributed by atoms with E-state index in [1.807, 2.05) is 25.1 Å². The highest BCUT2D eigenvalue weighted by atomic mass is 35.5. The number of carbonyl (C=O) groups is 1. The summed E-state index contributed by atoms with van der Waals surface area (Å²) in [6.07, 6.45) is 2.21. The molecular weight excluding hydrogens is 395 g/mol. The average molecular weight is 413 g/mol. The first kappa shape index (κ1) is 19.3. The molecule has 0 aliphatic heterocycles. The summed E-state index contributed by atoms with van der Waals surface area (Å²) in [6, 6.07) is 11.4. The van der Waals surface area contributed by atoms with Crippen molar-refractivity contribution in [1.82, 2.24) is 10.2 Å². The molecule has 1 heterocycles. The van der Waals surface area contributed by atoms with Crippen LogP contribution in [0.4, 0.5) is 4.39 Å². The van der Waals surface area contributed by atoms with Crippen molar-refractivity contribution in [2.45, 2.75) is 32.6 Å². The third-order valence-electron chi connectivity index (χ3n) is 4.77. The van der Waals surface area contributed by atoms with Crippen LogP contribution in [0.25, 0.3) is 0 Å². The van der Waals surface area contributed by atoms with E-state index in [1.54, 1.807) is 6.92 Å². The normalized spacial score (nSPS) is 13.2. The molecule has 0 unspecified atom stereocenters. The highest BCUT2D eigenvalue weighted by Crippen LogP contribution is 2.46. The Morgan fingerprint density at radius 3 is 2.62 bits per heavy atom. The number of rotatable bonds is 5. The van der Waals surface area contributed by atoms with Gasteiger partial charge in [0.25, 0.3) is 5.88 Å². The van der Waals surface area contributed by atoms with Crippen molar-refractivity contribution in [3.05, 3.63) is 75.7 Å². The van der Waals surface area contributed by atoms with E-state index in [-0.39, 0.29) is 22.3 Å². The Morgan fingerprint density at radius 2 is 1.90 bits per heavy atom. The summed E-state index contributed by atoms with van der Waals surface area (Å²) in [7, 11) is 0. The number of benzene rings is 2. The Balaban J connectivity index is 1.65. The van der Waals surface area contributed by atoms with Crippen LogP contribution >= 0.6 is 11.6 Å². The van der Waals surface area contributed by atoms with Crippen LogP contribution in [0.2, 0.25) is 5.15 Å². The van der Waals surface area contributed by atoms with E-state index in [2.05, 4.69) is 10.2 Å². The predicted molar refractivity (Wildman–Crippen MR) is 106 cm³/mol. The quantitative estimate of drug-likeness (QED) is 0.497. The topological polar surface area (TPSA) is 61.3 Å². The minimum atomic E-state index is -0.745. The molecule has 1 fully saturated rings. The van der Waals surface area contributed by atoms with Gasteiger partial charge in [-0.2, -0.15) is 0 Å². The van der Waals surface area contributed by atoms with Gasteiger partial charge in [-0.3, -0.25) is 0 Å². The zero-order valence-electron chi connectivity index (χ0n) is 15.9. The first-order valence-corrected chi connectivity index (χ1v) is 9.59. The number of hydrogen-bond acceptors (Lipinski definition) is 5. The summed E-state index contributed by atoms with van der Waals surface area (Å²) in [5, 5.41) is 7.80. The van der Waals surface area contributed by atoms with Crippen molar-refractivity contribution in [1.29, 1.82) is 0 Å². The van der Waals surface area contributed by atoms with Gasteiger partial charge in [-0.25, -0.2) is 9.18 Å². The molecule has 5 nitrogen and oxygen atoms in total. The maximum absolute atomic E-state index is 13.8. The average Bonchev–Trinajstić information content (AvgIpc) is 3.52. The number of para-hydroxylation sites is 1. The van der Waals surface area contributed by atoms with Crippen molar-refractivity contribution in [3.63, 3.8) is 0 Å². The van der Waals surface area contributed by atoms with Gasteiger partial charge in [0.05, 0.1) is 5.56 Å². The molecule has 0 atom stereocenters. The lowest BCUT2D eigenvalue weighted by Gasteiger charge is -2.15. The van der Waals surface area contributed by atoms with Crippen molar-refractivity contribution in [2.24, 2.45) is 0 Å². The molecule has 0 saturated heterocycles. The van der Waals surface area contributed by atoms with Crippen molar-refractivity contribution in [3.8, 4) is 17.4 Å². The third-order valence-corrected chi connectivity index (χ3v) is 4.95. The van der Waals surface area contributed by atoms with Crippen LogP contribution < -0.4 is 9.47 Å². The second kappa shape index (κ2) is 7.79. The van der Waals surface area contributed by atoms with Gasteiger partial charge in [0.15, 0.2) is 10.9 Å². The van der Waals surface area contributed by atoms with Crippen LogP contribution in [0.5, 0.6) is 17.4 Å². The molecular formula is C22H18ClFN2O3. The van der Waals surface area contributed by atoms with E-state index in [0.717, 1.165) is 30.0 Å². The van der Waals surface area contributed by atoms with E-state index in [1.165, 1.54) is 18.2 Å². The van der Waals surface area contributed by atoms with Crippen LogP contribution in [-0.4, -0.2) is 16.2 Å². The minimum Gasteiger partial charge on any atom is -0.434 e. The molecule has 148 valence electrons. The minimum absolute atomic E-state index is 0.0148. The number of halogens is 2. The van der Waals surface area contributed by atoms with Crippen LogP contribution in [0.3, 0.4) is 0 Å². The van der Waals surface area contributed by atoms with Gasteiger partial charge in [0.1, 0.15) is 11.6 Å². The Morgan fingerprint density at radius 1 is 1.10 bits per heavy atom. The summed E-state index contributed by atoms with van der Waals surface area (Å²) >= 11 is 5.94. The number of aromatic nitrogens is 2. The molecule has 2 aromatic carbocycles. The lowest BCUT2D eigenvalue weighted by Crippen LogP contribution is -2.11. The molecule has 0 amide bonds. The van der Waals surface area contributed by atoms with Crippen LogP contribution in [0.15, 0.2) is 42.5 Å². The van der Waals surface area contributed by atoms with Gasteiger partial charge in [0, 0.05) is 6.07 Å². The molecule has 4 rings (SSSR count). The summed E-state index contributed by atoms with van der Waals surface area (Å²) in [5.74, 6) is -0.0784. The molecule has 0 spiro atoms. The molecule has 1 aromatic heterocycles. The van der Waals surface area contributed by atoms with Crippen molar-refractivity contribution < 1.29 is 18.7 Å². The summed E-state index contributed by atoms with van der Waals surface area (Å²) in [4.78, 5) is 12.5. The van der Waals surface area contributed by atoms with Gasteiger partial charge in [-0.05, 0) is 61.4 Å². The van der Waals surface area contributed by atoms with Gasteiger partial charge >= 0.3 is 5.97 Å². The first-order valence-electron chi connectivity index (χ1n) is 9.21. The fourth-order valence-corrected chi connectivity index (χ4v) is 3.13. The highest BCUT2D eigenvalue weighted by Gasteiger charge is 2.28. The standard InChI is InChI=1S/C22H18ClFN2O3/c1-12-6-7-15(10-17(12)24)22(27)28-18-11-19(23)25-26-21(18)29-20-13(2)4-3-5-16(20)14-8-9-14/h3-7,10-11,14H,8-9H2,1-2H3.